The fraction of sp³-hybridized carbons (Fsp3) is 0.333. The normalized spacial score (nSPS) is 11.3. The van der Waals surface area contributed by atoms with Crippen molar-refractivity contribution in [3.8, 4) is 0 Å². The Labute approximate surface area is 138 Å². The number of fused-ring (bicyclic) bond motifs is 1. The Kier molecular flexibility index (Phi) is 4.39. The van der Waals surface area contributed by atoms with Crippen LogP contribution in [0.25, 0.3) is 11.2 Å². The number of carbonyl (C=O) groups is 1. The molecule has 0 atom stereocenters. The van der Waals surface area contributed by atoms with Crippen molar-refractivity contribution in [2.45, 2.75) is 24.8 Å². The summed E-state index contributed by atoms with van der Waals surface area (Å²) in [7, 11) is 0. The molecule has 0 aliphatic rings. The third kappa shape index (κ3) is 3.56. The van der Waals surface area contributed by atoms with Crippen molar-refractivity contribution in [2.24, 2.45) is 0 Å². The standard InChI is InChI=1S/C12H13N7O2S2/c1-5(2)9-18-19-12(23-9)15-6(20)3-22-10-7-8(14-4-13-7)16-11(21)17-10/h4-5H,3H2,1-2H3,(H,15,19,20)(H2,13,14,16,17,21). The van der Waals surface area contributed by atoms with Gasteiger partial charge in [0.05, 0.1) is 12.1 Å². The summed E-state index contributed by atoms with van der Waals surface area (Å²) in [5.74, 6) is 0.124. The molecule has 3 aromatic heterocycles. The Morgan fingerprint density at radius 2 is 2.26 bits per heavy atom. The molecule has 11 heteroatoms. The lowest BCUT2D eigenvalue weighted by Gasteiger charge is -2.01. The molecule has 0 spiro atoms. The minimum atomic E-state index is -0.502. The maximum absolute atomic E-state index is 12.0. The Morgan fingerprint density at radius 3 is 3.00 bits per heavy atom. The Morgan fingerprint density at radius 1 is 1.43 bits per heavy atom. The lowest BCUT2D eigenvalue weighted by Crippen LogP contribution is -2.15. The first-order chi connectivity index (χ1) is 11.0. The van der Waals surface area contributed by atoms with Gasteiger partial charge in [0.25, 0.3) is 0 Å². The minimum absolute atomic E-state index is 0.0984. The zero-order chi connectivity index (χ0) is 16.4. The molecule has 3 aromatic rings. The predicted molar refractivity (Wildman–Crippen MR) is 87.9 cm³/mol. The smallest absolute Gasteiger partial charge is 0.341 e. The third-order valence-corrected chi connectivity index (χ3v) is 4.92. The van der Waals surface area contributed by atoms with Gasteiger partial charge >= 0.3 is 5.69 Å². The summed E-state index contributed by atoms with van der Waals surface area (Å²) in [5, 5.41) is 12.4. The van der Waals surface area contributed by atoms with E-state index in [1.54, 1.807) is 0 Å². The van der Waals surface area contributed by atoms with Crippen LogP contribution in [0.4, 0.5) is 5.13 Å². The summed E-state index contributed by atoms with van der Waals surface area (Å²) >= 11 is 2.50. The maximum Gasteiger partial charge on any atom is 0.347 e. The van der Waals surface area contributed by atoms with Crippen LogP contribution in [0, 0.1) is 0 Å². The molecule has 120 valence electrons. The molecule has 0 aliphatic heterocycles. The van der Waals surface area contributed by atoms with Gasteiger partial charge in [-0.1, -0.05) is 36.9 Å². The van der Waals surface area contributed by atoms with E-state index >= 15 is 0 Å². The highest BCUT2D eigenvalue weighted by Gasteiger charge is 2.13. The Balaban J connectivity index is 1.66. The molecule has 0 saturated carbocycles. The van der Waals surface area contributed by atoms with Crippen molar-refractivity contribution in [1.82, 2.24) is 30.1 Å². The van der Waals surface area contributed by atoms with Gasteiger partial charge in [0.1, 0.15) is 15.6 Å². The molecule has 0 radical (unpaired) electrons. The molecule has 1 amide bonds. The summed E-state index contributed by atoms with van der Waals surface area (Å²) in [5.41, 5.74) is 0.511. The highest BCUT2D eigenvalue weighted by molar-refractivity contribution is 8.00. The lowest BCUT2D eigenvalue weighted by atomic mass is 10.2. The number of imidazole rings is 1. The van der Waals surface area contributed by atoms with Gasteiger partial charge in [-0.25, -0.2) is 9.78 Å². The van der Waals surface area contributed by atoms with Crippen molar-refractivity contribution >= 4 is 45.3 Å². The first kappa shape index (κ1) is 15.6. The van der Waals surface area contributed by atoms with Crippen LogP contribution >= 0.6 is 23.1 Å². The van der Waals surface area contributed by atoms with E-state index in [2.05, 4.69) is 35.5 Å². The SMILES string of the molecule is CC(C)c1nnc(NC(=O)CSc2nc(=O)[nH]c3nc[nH]c23)s1. The van der Waals surface area contributed by atoms with Crippen molar-refractivity contribution in [1.29, 1.82) is 0 Å². The zero-order valence-electron chi connectivity index (χ0n) is 12.3. The van der Waals surface area contributed by atoms with Crippen molar-refractivity contribution in [3.05, 3.63) is 21.8 Å². The number of anilines is 1. The summed E-state index contributed by atoms with van der Waals surface area (Å²) in [4.78, 5) is 36.7. The van der Waals surface area contributed by atoms with Crippen LogP contribution in [-0.2, 0) is 4.79 Å². The van der Waals surface area contributed by atoms with Gasteiger partial charge in [0, 0.05) is 5.92 Å². The van der Waals surface area contributed by atoms with Gasteiger partial charge in [-0.3, -0.25) is 15.1 Å². The molecule has 3 heterocycles. The van der Waals surface area contributed by atoms with Crippen molar-refractivity contribution in [2.75, 3.05) is 11.1 Å². The second-order valence-electron chi connectivity index (χ2n) is 4.91. The molecule has 9 nitrogen and oxygen atoms in total. The van der Waals surface area contributed by atoms with E-state index in [1.807, 2.05) is 13.8 Å². The number of H-pyrrole nitrogens is 2. The summed E-state index contributed by atoms with van der Waals surface area (Å²) in [6.07, 6.45) is 1.46. The fourth-order valence-corrected chi connectivity index (χ4v) is 3.29. The van der Waals surface area contributed by atoms with Crippen LogP contribution in [-0.4, -0.2) is 41.8 Å². The van der Waals surface area contributed by atoms with Crippen LogP contribution < -0.4 is 11.0 Å². The van der Waals surface area contributed by atoms with Gasteiger partial charge in [-0.15, -0.1) is 10.2 Å². The number of aromatic amines is 2. The third-order valence-electron chi connectivity index (χ3n) is 2.80. The monoisotopic (exact) mass is 351 g/mol. The van der Waals surface area contributed by atoms with Gasteiger partial charge in [-0.2, -0.15) is 4.98 Å². The highest BCUT2D eigenvalue weighted by atomic mass is 32.2. The molecule has 0 fully saturated rings. The molecule has 0 aromatic carbocycles. The quantitative estimate of drug-likeness (QED) is 0.467. The van der Waals surface area contributed by atoms with E-state index in [4.69, 9.17) is 0 Å². The molecular formula is C12H13N7O2S2. The second-order valence-corrected chi connectivity index (χ2v) is 6.88. The van der Waals surface area contributed by atoms with E-state index < -0.39 is 5.69 Å². The van der Waals surface area contributed by atoms with E-state index in [1.165, 1.54) is 17.7 Å². The largest absolute Gasteiger partial charge is 0.347 e. The summed E-state index contributed by atoms with van der Waals surface area (Å²) in [6.45, 7) is 4.02. The van der Waals surface area contributed by atoms with E-state index in [0.29, 0.717) is 21.3 Å². The van der Waals surface area contributed by atoms with E-state index in [0.717, 1.165) is 16.8 Å². The average molecular weight is 351 g/mol. The summed E-state index contributed by atoms with van der Waals surface area (Å²) < 4.78 is 0. The number of carbonyl (C=O) groups excluding carboxylic acids is 1. The van der Waals surface area contributed by atoms with Crippen LogP contribution in [0.15, 0.2) is 16.1 Å². The van der Waals surface area contributed by atoms with Gasteiger partial charge in [0.2, 0.25) is 11.0 Å². The fourth-order valence-electron chi connectivity index (χ4n) is 1.74. The predicted octanol–water partition coefficient (Wildman–Crippen LogP) is 1.35. The van der Waals surface area contributed by atoms with Crippen LogP contribution in [0.2, 0.25) is 0 Å². The number of nitrogens with zero attached hydrogens (tertiary/aromatic N) is 4. The number of thioether (sulfide) groups is 1. The summed E-state index contributed by atoms with van der Waals surface area (Å²) in [6, 6.07) is 0. The van der Waals surface area contributed by atoms with Crippen LogP contribution in [0.3, 0.4) is 0 Å². The molecule has 0 saturated heterocycles. The lowest BCUT2D eigenvalue weighted by molar-refractivity contribution is -0.113. The number of hydrogen-bond donors (Lipinski definition) is 3. The Bertz CT molecular complexity index is 898. The number of amides is 1. The molecule has 0 bridgehead atoms. The van der Waals surface area contributed by atoms with E-state index in [9.17, 15) is 9.59 Å². The number of rotatable bonds is 5. The number of nitrogens with one attached hydrogen (secondary N) is 3. The molecule has 0 unspecified atom stereocenters. The highest BCUT2D eigenvalue weighted by Crippen LogP contribution is 2.24. The number of hydrogen-bond acceptors (Lipinski definition) is 8. The maximum atomic E-state index is 12.0. The Hall–Kier alpha value is -2.27. The molecule has 23 heavy (non-hydrogen) atoms. The van der Waals surface area contributed by atoms with Gasteiger partial charge in [-0.05, 0) is 0 Å². The topological polar surface area (TPSA) is 129 Å². The first-order valence-corrected chi connectivity index (χ1v) is 8.52. The van der Waals surface area contributed by atoms with Crippen molar-refractivity contribution < 1.29 is 4.79 Å². The molecule has 3 N–H and O–H groups in total. The number of aromatic nitrogens is 6. The molecular weight excluding hydrogens is 338 g/mol. The first-order valence-electron chi connectivity index (χ1n) is 6.72. The second kappa shape index (κ2) is 6.46. The molecule has 3 rings (SSSR count). The minimum Gasteiger partial charge on any atom is -0.341 e. The zero-order valence-corrected chi connectivity index (χ0v) is 13.9. The van der Waals surface area contributed by atoms with Crippen LogP contribution in [0.1, 0.15) is 24.8 Å². The van der Waals surface area contributed by atoms with Crippen LogP contribution in [0.5, 0.6) is 0 Å². The van der Waals surface area contributed by atoms with E-state index in [-0.39, 0.29) is 17.6 Å². The average Bonchev–Trinajstić information content (AvgIpc) is 3.13. The van der Waals surface area contributed by atoms with Gasteiger partial charge < -0.3 is 4.98 Å². The molecule has 0 aliphatic carbocycles. The van der Waals surface area contributed by atoms with Crippen molar-refractivity contribution in [3.63, 3.8) is 0 Å². The van der Waals surface area contributed by atoms with Gasteiger partial charge in [0.15, 0.2) is 5.65 Å².